The predicted molar refractivity (Wildman–Crippen MR) is 106 cm³/mol. The second kappa shape index (κ2) is 6.89. The average Bonchev–Trinajstić information content (AvgIpc) is 3.15. The molecular weight excluding hydrogens is 320 g/mol. The molecule has 0 aliphatic heterocycles. The number of aromatic amines is 1. The molecule has 3 heteroatoms. The molecular formula is C23H20N2O. The van der Waals surface area contributed by atoms with Crippen molar-refractivity contribution in [1.29, 1.82) is 0 Å². The summed E-state index contributed by atoms with van der Waals surface area (Å²) in [7, 11) is 1.68. The Labute approximate surface area is 153 Å². The zero-order valence-corrected chi connectivity index (χ0v) is 14.9. The van der Waals surface area contributed by atoms with E-state index < -0.39 is 0 Å². The third kappa shape index (κ3) is 3.11. The molecule has 0 saturated heterocycles. The Bertz CT molecular complexity index is 1000. The molecule has 1 heterocycles. The lowest BCUT2D eigenvalue weighted by Gasteiger charge is -2.04. The molecule has 0 atom stereocenters. The number of ether oxygens (including phenoxy) is 1. The zero-order valence-electron chi connectivity index (χ0n) is 14.9. The molecule has 26 heavy (non-hydrogen) atoms. The quantitative estimate of drug-likeness (QED) is 0.515. The van der Waals surface area contributed by atoms with Crippen molar-refractivity contribution in [3.8, 4) is 39.7 Å². The lowest BCUT2D eigenvalue weighted by molar-refractivity contribution is 0.415. The number of nitrogens with zero attached hydrogens (tertiary/aromatic N) is 1. The van der Waals surface area contributed by atoms with Crippen molar-refractivity contribution in [2.24, 2.45) is 0 Å². The molecule has 0 unspecified atom stereocenters. The van der Waals surface area contributed by atoms with E-state index in [4.69, 9.17) is 9.72 Å². The maximum Gasteiger partial charge on any atom is 0.138 e. The van der Waals surface area contributed by atoms with Crippen LogP contribution in [0.5, 0.6) is 5.75 Å². The first-order valence-corrected chi connectivity index (χ1v) is 8.61. The second-order valence-corrected chi connectivity index (χ2v) is 6.27. The Kier molecular flexibility index (Phi) is 4.28. The van der Waals surface area contributed by atoms with Crippen LogP contribution < -0.4 is 4.74 Å². The molecule has 0 amide bonds. The summed E-state index contributed by atoms with van der Waals surface area (Å²) in [5.74, 6) is 1.71. The minimum atomic E-state index is 0.841. The van der Waals surface area contributed by atoms with Crippen molar-refractivity contribution in [1.82, 2.24) is 9.97 Å². The number of hydrogen-bond acceptors (Lipinski definition) is 2. The first kappa shape index (κ1) is 16.2. The van der Waals surface area contributed by atoms with Crippen LogP contribution in [0.25, 0.3) is 33.9 Å². The van der Waals surface area contributed by atoms with Crippen LogP contribution in [0.2, 0.25) is 0 Å². The minimum Gasteiger partial charge on any atom is -0.497 e. The number of H-pyrrole nitrogens is 1. The fraction of sp³-hybridized carbons (Fsp3) is 0.0870. The molecule has 0 aliphatic rings. The van der Waals surface area contributed by atoms with Crippen LogP contribution in [-0.2, 0) is 0 Å². The van der Waals surface area contributed by atoms with Crippen LogP contribution in [-0.4, -0.2) is 17.1 Å². The highest BCUT2D eigenvalue weighted by Crippen LogP contribution is 2.33. The number of rotatable bonds is 4. The summed E-state index contributed by atoms with van der Waals surface area (Å²) in [4.78, 5) is 8.43. The molecule has 128 valence electrons. The Hall–Kier alpha value is -3.33. The third-order valence-corrected chi connectivity index (χ3v) is 4.45. The fourth-order valence-corrected chi connectivity index (χ4v) is 2.99. The molecule has 0 bridgehead atoms. The largest absolute Gasteiger partial charge is 0.497 e. The average molecular weight is 340 g/mol. The summed E-state index contributed by atoms with van der Waals surface area (Å²) in [5, 5.41) is 0. The number of imidazole rings is 1. The molecule has 0 spiro atoms. The molecule has 3 nitrogen and oxygen atoms in total. The SMILES string of the molecule is COc1ccc(-c2[nH]c(-c3ccc(C)cc3)nc2-c2ccccc2)cc1. The van der Waals surface area contributed by atoms with E-state index in [1.165, 1.54) is 5.56 Å². The normalized spacial score (nSPS) is 10.7. The van der Waals surface area contributed by atoms with Crippen molar-refractivity contribution >= 4 is 0 Å². The lowest BCUT2D eigenvalue weighted by Crippen LogP contribution is -1.85. The molecule has 4 rings (SSSR count). The van der Waals surface area contributed by atoms with Gasteiger partial charge >= 0.3 is 0 Å². The molecule has 1 N–H and O–H groups in total. The van der Waals surface area contributed by atoms with E-state index in [-0.39, 0.29) is 0 Å². The first-order valence-electron chi connectivity index (χ1n) is 8.61. The van der Waals surface area contributed by atoms with Gasteiger partial charge in [0, 0.05) is 16.7 Å². The highest BCUT2D eigenvalue weighted by Gasteiger charge is 2.15. The third-order valence-electron chi connectivity index (χ3n) is 4.45. The number of aryl methyl sites for hydroxylation is 1. The van der Waals surface area contributed by atoms with Gasteiger partial charge in [-0.2, -0.15) is 0 Å². The van der Waals surface area contributed by atoms with Gasteiger partial charge in [-0.25, -0.2) is 4.98 Å². The lowest BCUT2D eigenvalue weighted by atomic mass is 10.1. The first-order chi connectivity index (χ1) is 12.7. The van der Waals surface area contributed by atoms with E-state index in [9.17, 15) is 0 Å². The highest BCUT2D eigenvalue weighted by atomic mass is 16.5. The number of methoxy groups -OCH3 is 1. The van der Waals surface area contributed by atoms with Crippen LogP contribution in [0, 0.1) is 6.92 Å². The van der Waals surface area contributed by atoms with Crippen LogP contribution in [0.15, 0.2) is 78.9 Å². The zero-order chi connectivity index (χ0) is 17.9. The van der Waals surface area contributed by atoms with Gasteiger partial charge in [-0.3, -0.25) is 0 Å². The standard InChI is InChI=1S/C23H20N2O/c1-16-8-10-19(11-9-16)23-24-21(17-6-4-3-5-7-17)22(25-23)18-12-14-20(26-2)15-13-18/h3-15H,1-2H3,(H,24,25). The Balaban J connectivity index is 1.86. The molecule has 0 radical (unpaired) electrons. The van der Waals surface area contributed by atoms with E-state index in [1.807, 2.05) is 30.3 Å². The molecule has 0 fully saturated rings. The summed E-state index contributed by atoms with van der Waals surface area (Å²) in [6.07, 6.45) is 0. The number of benzene rings is 3. The van der Waals surface area contributed by atoms with Gasteiger partial charge in [0.1, 0.15) is 11.6 Å². The maximum atomic E-state index is 5.28. The smallest absolute Gasteiger partial charge is 0.138 e. The maximum absolute atomic E-state index is 5.28. The van der Waals surface area contributed by atoms with Gasteiger partial charge in [-0.1, -0.05) is 60.2 Å². The van der Waals surface area contributed by atoms with E-state index in [0.717, 1.165) is 39.7 Å². The van der Waals surface area contributed by atoms with E-state index in [1.54, 1.807) is 7.11 Å². The number of aromatic nitrogens is 2. The van der Waals surface area contributed by atoms with Crippen LogP contribution in [0.1, 0.15) is 5.56 Å². The van der Waals surface area contributed by atoms with Gasteiger partial charge in [0.25, 0.3) is 0 Å². The molecule has 4 aromatic rings. The highest BCUT2D eigenvalue weighted by molar-refractivity contribution is 5.81. The van der Waals surface area contributed by atoms with Gasteiger partial charge in [0.05, 0.1) is 18.5 Å². The second-order valence-electron chi connectivity index (χ2n) is 6.27. The van der Waals surface area contributed by atoms with Crippen molar-refractivity contribution < 1.29 is 4.74 Å². The summed E-state index contributed by atoms with van der Waals surface area (Å²) in [5.41, 5.74) is 6.44. The monoisotopic (exact) mass is 340 g/mol. The van der Waals surface area contributed by atoms with Gasteiger partial charge in [-0.15, -0.1) is 0 Å². The van der Waals surface area contributed by atoms with Crippen molar-refractivity contribution in [2.45, 2.75) is 6.92 Å². The summed E-state index contributed by atoms with van der Waals surface area (Å²) in [6, 6.07) is 26.7. The fourth-order valence-electron chi connectivity index (χ4n) is 2.99. The van der Waals surface area contributed by atoms with Crippen LogP contribution in [0.4, 0.5) is 0 Å². The number of hydrogen-bond donors (Lipinski definition) is 1. The van der Waals surface area contributed by atoms with Crippen molar-refractivity contribution in [3.05, 3.63) is 84.4 Å². The minimum absolute atomic E-state index is 0.841. The summed E-state index contributed by atoms with van der Waals surface area (Å²) >= 11 is 0. The van der Waals surface area contributed by atoms with Gasteiger partial charge < -0.3 is 9.72 Å². The van der Waals surface area contributed by atoms with Crippen molar-refractivity contribution in [3.63, 3.8) is 0 Å². The van der Waals surface area contributed by atoms with Gasteiger partial charge in [-0.05, 0) is 31.2 Å². The predicted octanol–water partition coefficient (Wildman–Crippen LogP) is 5.73. The van der Waals surface area contributed by atoms with Gasteiger partial charge in [0.2, 0.25) is 0 Å². The molecule has 3 aromatic carbocycles. The van der Waals surface area contributed by atoms with Crippen LogP contribution in [0.3, 0.4) is 0 Å². The topological polar surface area (TPSA) is 37.9 Å². The van der Waals surface area contributed by atoms with Crippen LogP contribution >= 0.6 is 0 Å². The molecule has 1 aromatic heterocycles. The Morgan fingerprint density at radius 3 is 2.04 bits per heavy atom. The summed E-state index contributed by atoms with van der Waals surface area (Å²) in [6.45, 7) is 2.09. The summed E-state index contributed by atoms with van der Waals surface area (Å²) < 4.78 is 5.28. The number of nitrogens with one attached hydrogen (secondary N) is 1. The van der Waals surface area contributed by atoms with E-state index in [0.29, 0.717) is 0 Å². The Morgan fingerprint density at radius 2 is 1.38 bits per heavy atom. The van der Waals surface area contributed by atoms with Gasteiger partial charge in [0.15, 0.2) is 0 Å². The van der Waals surface area contributed by atoms with Crippen molar-refractivity contribution in [2.75, 3.05) is 7.11 Å². The molecule has 0 aliphatic carbocycles. The van der Waals surface area contributed by atoms with E-state index >= 15 is 0 Å². The Morgan fingerprint density at radius 1 is 0.731 bits per heavy atom. The van der Waals surface area contributed by atoms with E-state index in [2.05, 4.69) is 60.4 Å². The molecule has 0 saturated carbocycles.